The average molecular weight is 622 g/mol. The summed E-state index contributed by atoms with van der Waals surface area (Å²) in [6, 6.07) is 7.94. The first-order valence-corrected chi connectivity index (χ1v) is 16.5. The van der Waals surface area contributed by atoms with E-state index in [1.807, 2.05) is 55.5 Å². The summed E-state index contributed by atoms with van der Waals surface area (Å²) < 4.78 is 13.1. The Morgan fingerprint density at radius 2 is 1.76 bits per heavy atom. The number of hydrogen-bond acceptors (Lipinski definition) is 7. The van der Waals surface area contributed by atoms with Crippen LogP contribution in [0, 0.1) is 11.8 Å². The van der Waals surface area contributed by atoms with Gasteiger partial charge in [-0.05, 0) is 44.6 Å². The molecule has 4 aliphatic rings. The molecule has 4 aliphatic heterocycles. The fourth-order valence-corrected chi connectivity index (χ4v) is 7.30. The Kier molecular flexibility index (Phi) is 10.4. The van der Waals surface area contributed by atoms with E-state index in [2.05, 4.69) is 6.92 Å². The molecule has 0 aromatic heterocycles. The van der Waals surface area contributed by atoms with Gasteiger partial charge in [-0.2, -0.15) is 0 Å². The second kappa shape index (κ2) is 14.3. The topological polar surface area (TPSA) is 117 Å². The van der Waals surface area contributed by atoms with Crippen molar-refractivity contribution in [3.05, 3.63) is 60.2 Å². The van der Waals surface area contributed by atoms with Gasteiger partial charge in [-0.15, -0.1) is 0 Å². The first-order chi connectivity index (χ1) is 21.7. The van der Waals surface area contributed by atoms with Crippen LogP contribution >= 0.6 is 0 Å². The third-order valence-corrected chi connectivity index (χ3v) is 9.85. The quantitative estimate of drug-likeness (QED) is 0.255. The van der Waals surface area contributed by atoms with Gasteiger partial charge in [0.15, 0.2) is 0 Å². The number of likely N-dealkylation sites (N-methyl/N-ethyl adjacent to an activating group) is 1. The SMILES string of the molecule is CCCCN1CC=C[C@]23O[C@@H]4/C=C\CCC(=O)N(C)[C@H](C)[C@@H](c5ccccc5)OC(=O)[C@@H]4[C@H]2C(=O)N(CCCCCO)[C@@H]3C1=O. The second-order valence-electron chi connectivity index (χ2n) is 12.7. The molecule has 45 heavy (non-hydrogen) atoms. The molecule has 0 saturated carbocycles. The van der Waals surface area contributed by atoms with Crippen molar-refractivity contribution in [2.45, 2.75) is 88.7 Å². The molecule has 0 unspecified atom stereocenters. The molecular weight excluding hydrogens is 574 g/mol. The average Bonchev–Trinajstić information content (AvgIpc) is 3.43. The number of nitrogens with zero attached hydrogens (tertiary/aromatic N) is 3. The number of amides is 3. The van der Waals surface area contributed by atoms with Gasteiger partial charge in [-0.3, -0.25) is 19.2 Å². The number of rotatable bonds is 9. The second-order valence-corrected chi connectivity index (χ2v) is 12.7. The van der Waals surface area contributed by atoms with Crippen molar-refractivity contribution < 1.29 is 33.8 Å². The maximum absolute atomic E-state index is 14.5. The van der Waals surface area contributed by atoms with Crippen LogP contribution in [0.4, 0.5) is 0 Å². The Balaban J connectivity index is 1.57. The minimum absolute atomic E-state index is 0.0588. The van der Waals surface area contributed by atoms with E-state index in [0.29, 0.717) is 45.3 Å². The number of cyclic esters (lactones) is 1. The highest BCUT2D eigenvalue weighted by Crippen LogP contribution is 2.53. The fraction of sp³-hybridized carbons (Fsp3) is 0.600. The maximum atomic E-state index is 14.5. The van der Waals surface area contributed by atoms with Crippen LogP contribution in [0.5, 0.6) is 0 Å². The minimum Gasteiger partial charge on any atom is -0.455 e. The van der Waals surface area contributed by atoms with Crippen LogP contribution in [0.3, 0.4) is 0 Å². The molecule has 1 aromatic carbocycles. The van der Waals surface area contributed by atoms with Crippen molar-refractivity contribution in [1.29, 1.82) is 0 Å². The molecule has 0 radical (unpaired) electrons. The molecule has 3 amide bonds. The summed E-state index contributed by atoms with van der Waals surface area (Å²) in [6.45, 7) is 5.28. The third-order valence-electron chi connectivity index (χ3n) is 9.85. The van der Waals surface area contributed by atoms with Crippen LogP contribution < -0.4 is 0 Å². The summed E-state index contributed by atoms with van der Waals surface area (Å²) in [5, 5.41) is 9.32. The van der Waals surface area contributed by atoms with Crippen LogP contribution in [-0.4, -0.2) is 101 Å². The van der Waals surface area contributed by atoms with Gasteiger partial charge in [-0.25, -0.2) is 0 Å². The molecule has 2 saturated heterocycles. The van der Waals surface area contributed by atoms with E-state index in [1.54, 1.807) is 27.8 Å². The highest BCUT2D eigenvalue weighted by molar-refractivity contribution is 5.99. The number of ether oxygens (including phenoxy) is 2. The van der Waals surface area contributed by atoms with E-state index >= 15 is 0 Å². The van der Waals surface area contributed by atoms with E-state index in [1.165, 1.54) is 0 Å². The maximum Gasteiger partial charge on any atom is 0.313 e. The Hall–Kier alpha value is -3.50. The first kappa shape index (κ1) is 32.9. The summed E-state index contributed by atoms with van der Waals surface area (Å²) in [5.74, 6) is -3.07. The number of benzene rings is 1. The Morgan fingerprint density at radius 1 is 0.978 bits per heavy atom. The van der Waals surface area contributed by atoms with Crippen molar-refractivity contribution >= 4 is 23.7 Å². The largest absolute Gasteiger partial charge is 0.455 e. The molecule has 1 spiro atoms. The number of fused-ring (bicyclic) bond motifs is 2. The van der Waals surface area contributed by atoms with Crippen molar-refractivity contribution in [2.24, 2.45) is 11.8 Å². The summed E-state index contributed by atoms with van der Waals surface area (Å²) in [7, 11) is 1.72. The molecule has 2 fully saturated rings. The number of likely N-dealkylation sites (tertiary alicyclic amines) is 1. The number of aliphatic hydroxyl groups is 1. The molecular formula is C35H47N3O7. The van der Waals surface area contributed by atoms with E-state index in [4.69, 9.17) is 9.47 Å². The molecule has 7 atom stereocenters. The Morgan fingerprint density at radius 3 is 2.49 bits per heavy atom. The summed E-state index contributed by atoms with van der Waals surface area (Å²) in [5.41, 5.74) is -0.598. The highest BCUT2D eigenvalue weighted by atomic mass is 16.6. The lowest BCUT2D eigenvalue weighted by atomic mass is 9.77. The molecule has 4 heterocycles. The predicted octanol–water partition coefficient (Wildman–Crippen LogP) is 3.41. The lowest BCUT2D eigenvalue weighted by Gasteiger charge is -2.35. The Bertz CT molecular complexity index is 1300. The van der Waals surface area contributed by atoms with Crippen LogP contribution in [0.1, 0.15) is 70.5 Å². The molecule has 5 rings (SSSR count). The van der Waals surface area contributed by atoms with Gasteiger partial charge in [0.25, 0.3) is 0 Å². The molecule has 10 nitrogen and oxygen atoms in total. The zero-order valence-electron chi connectivity index (χ0n) is 26.7. The summed E-state index contributed by atoms with van der Waals surface area (Å²) >= 11 is 0. The van der Waals surface area contributed by atoms with Gasteiger partial charge in [0.05, 0.1) is 18.1 Å². The lowest BCUT2D eigenvalue weighted by molar-refractivity contribution is -0.164. The highest BCUT2D eigenvalue weighted by Gasteiger charge is 2.71. The zero-order chi connectivity index (χ0) is 32.1. The van der Waals surface area contributed by atoms with Gasteiger partial charge in [-0.1, -0.05) is 68.0 Å². The summed E-state index contributed by atoms with van der Waals surface area (Å²) in [6.07, 6.45) is 10.1. The van der Waals surface area contributed by atoms with Crippen LogP contribution in [0.2, 0.25) is 0 Å². The predicted molar refractivity (Wildman–Crippen MR) is 168 cm³/mol. The standard InChI is InChI=1S/C35H47N3O7/c1-4-5-20-37-21-14-19-35-29(32(41)38(31(35)33(37)42)22-12-7-13-23-39)28-26(45-35)17-10-11-18-27(40)36(3)24(2)30(44-34(28)43)25-15-8-6-9-16-25/h6,8-10,14-17,19,24,26,28-31,39H,4-5,7,11-13,18,20-23H2,1-3H3/b17-10-/t24-,26-,28+,29+,30+,31-,35+/m1/s1. The molecule has 0 aliphatic carbocycles. The number of esters is 1. The first-order valence-electron chi connectivity index (χ1n) is 16.5. The number of unbranched alkanes of at least 4 members (excludes halogenated alkanes) is 3. The monoisotopic (exact) mass is 621 g/mol. The van der Waals surface area contributed by atoms with E-state index in [9.17, 15) is 24.3 Å². The molecule has 244 valence electrons. The van der Waals surface area contributed by atoms with Gasteiger partial charge >= 0.3 is 5.97 Å². The van der Waals surface area contributed by atoms with Crippen molar-refractivity contribution in [3.63, 3.8) is 0 Å². The van der Waals surface area contributed by atoms with Gasteiger partial charge in [0, 0.05) is 39.7 Å². The van der Waals surface area contributed by atoms with Crippen LogP contribution in [0.15, 0.2) is 54.6 Å². The molecule has 1 N–H and O–H groups in total. The zero-order valence-corrected chi connectivity index (χ0v) is 26.7. The van der Waals surface area contributed by atoms with E-state index in [0.717, 1.165) is 18.4 Å². The number of allylic oxidation sites excluding steroid dienone is 1. The number of carbonyl (C=O) groups excluding carboxylic acids is 4. The van der Waals surface area contributed by atoms with Gasteiger partial charge in [0.2, 0.25) is 17.7 Å². The van der Waals surface area contributed by atoms with Crippen LogP contribution in [0.25, 0.3) is 0 Å². The molecule has 10 heteroatoms. The summed E-state index contributed by atoms with van der Waals surface area (Å²) in [4.78, 5) is 61.3. The van der Waals surface area contributed by atoms with Crippen molar-refractivity contribution in [1.82, 2.24) is 14.7 Å². The minimum atomic E-state index is -1.34. The number of aliphatic hydroxyl groups excluding tert-OH is 1. The van der Waals surface area contributed by atoms with E-state index in [-0.39, 0.29) is 30.7 Å². The molecule has 0 bridgehead atoms. The fourth-order valence-electron chi connectivity index (χ4n) is 7.30. The third kappa shape index (κ3) is 6.31. The normalized spacial score (nSPS) is 32.8. The smallest absolute Gasteiger partial charge is 0.313 e. The number of carbonyl (C=O) groups is 4. The molecule has 1 aromatic rings. The van der Waals surface area contributed by atoms with E-state index < -0.39 is 47.7 Å². The van der Waals surface area contributed by atoms with Gasteiger partial charge < -0.3 is 29.3 Å². The van der Waals surface area contributed by atoms with Crippen molar-refractivity contribution in [2.75, 3.05) is 33.3 Å². The van der Waals surface area contributed by atoms with Crippen molar-refractivity contribution in [3.8, 4) is 0 Å². The lowest BCUT2D eigenvalue weighted by Crippen LogP contribution is -2.55. The number of hydrogen-bond donors (Lipinski definition) is 1. The Labute approximate surface area is 266 Å². The van der Waals surface area contributed by atoms with Crippen LogP contribution in [-0.2, 0) is 28.7 Å². The van der Waals surface area contributed by atoms with Gasteiger partial charge in [0.1, 0.15) is 23.7 Å².